The first-order valence-electron chi connectivity index (χ1n) is 7.16. The van der Waals surface area contributed by atoms with Gasteiger partial charge in [0.1, 0.15) is 0 Å². The van der Waals surface area contributed by atoms with Crippen LogP contribution in [0.2, 0.25) is 0 Å². The Balaban J connectivity index is 1.92. The number of hydrogen-bond donors (Lipinski definition) is 2. The van der Waals surface area contributed by atoms with E-state index in [4.69, 9.17) is 0 Å². The van der Waals surface area contributed by atoms with Crippen molar-refractivity contribution in [3.05, 3.63) is 35.4 Å². The van der Waals surface area contributed by atoms with Gasteiger partial charge in [0.2, 0.25) is 0 Å². The minimum absolute atomic E-state index is 0.0960. The van der Waals surface area contributed by atoms with Crippen LogP contribution in [-0.2, 0) is 0 Å². The Morgan fingerprint density at radius 2 is 1.95 bits per heavy atom. The summed E-state index contributed by atoms with van der Waals surface area (Å²) >= 11 is 0. The first kappa shape index (κ1) is 14.1. The maximum Gasteiger partial charge on any atom is 0.251 e. The minimum atomic E-state index is -0.712. The highest BCUT2D eigenvalue weighted by molar-refractivity contribution is 5.94. The lowest BCUT2D eigenvalue weighted by atomic mass is 9.94. The predicted octanol–water partition coefficient (Wildman–Crippen LogP) is 2.81. The smallest absolute Gasteiger partial charge is 0.251 e. The molecule has 0 aromatic heterocycles. The summed E-state index contributed by atoms with van der Waals surface area (Å²) in [4.78, 5) is 12.0. The van der Waals surface area contributed by atoms with Gasteiger partial charge in [0.05, 0.1) is 5.60 Å². The van der Waals surface area contributed by atoms with Crippen LogP contribution in [0.5, 0.6) is 0 Å². The highest BCUT2D eigenvalue weighted by Crippen LogP contribution is 2.26. The van der Waals surface area contributed by atoms with Gasteiger partial charge in [-0.15, -0.1) is 0 Å². The molecule has 3 nitrogen and oxygen atoms in total. The zero-order valence-electron chi connectivity index (χ0n) is 11.6. The summed E-state index contributed by atoms with van der Waals surface area (Å²) in [6.07, 6.45) is 6.07. The van der Waals surface area contributed by atoms with Crippen LogP contribution in [0.3, 0.4) is 0 Å². The second-order valence-electron chi connectivity index (χ2n) is 5.69. The monoisotopic (exact) mass is 261 g/mol. The van der Waals surface area contributed by atoms with E-state index in [1.54, 1.807) is 6.07 Å². The summed E-state index contributed by atoms with van der Waals surface area (Å²) in [6.45, 7) is 2.33. The normalized spacial score (nSPS) is 18.6. The Kier molecular flexibility index (Phi) is 4.59. The molecule has 0 radical (unpaired) electrons. The third-order valence-corrected chi connectivity index (χ3v) is 3.89. The van der Waals surface area contributed by atoms with Gasteiger partial charge in [-0.3, -0.25) is 4.79 Å². The molecule has 104 valence electrons. The Morgan fingerprint density at radius 3 is 2.58 bits per heavy atom. The first-order valence-corrected chi connectivity index (χ1v) is 7.16. The number of aryl methyl sites for hydroxylation is 1. The molecule has 1 aliphatic rings. The van der Waals surface area contributed by atoms with Gasteiger partial charge in [0, 0.05) is 12.1 Å². The van der Waals surface area contributed by atoms with Crippen molar-refractivity contribution in [2.24, 2.45) is 0 Å². The molecule has 0 saturated heterocycles. The van der Waals surface area contributed by atoms with E-state index < -0.39 is 5.60 Å². The minimum Gasteiger partial charge on any atom is -0.388 e. The van der Waals surface area contributed by atoms with Crippen molar-refractivity contribution in [2.75, 3.05) is 6.54 Å². The number of nitrogens with one attached hydrogen (secondary N) is 1. The van der Waals surface area contributed by atoms with Crippen LogP contribution in [0.1, 0.15) is 54.4 Å². The van der Waals surface area contributed by atoms with Crippen molar-refractivity contribution in [3.8, 4) is 0 Å². The molecule has 1 saturated carbocycles. The lowest BCUT2D eigenvalue weighted by Crippen LogP contribution is -2.42. The van der Waals surface area contributed by atoms with Crippen LogP contribution in [0.25, 0.3) is 0 Å². The number of carbonyl (C=O) groups excluding carboxylic acids is 1. The van der Waals surface area contributed by atoms with E-state index in [0.29, 0.717) is 12.1 Å². The third-order valence-electron chi connectivity index (χ3n) is 3.89. The molecule has 2 N–H and O–H groups in total. The van der Waals surface area contributed by atoms with Gasteiger partial charge in [-0.1, -0.05) is 43.4 Å². The van der Waals surface area contributed by atoms with Crippen molar-refractivity contribution in [1.29, 1.82) is 0 Å². The molecule has 0 unspecified atom stereocenters. The second kappa shape index (κ2) is 6.20. The molecular formula is C16H23NO2. The van der Waals surface area contributed by atoms with E-state index in [2.05, 4.69) is 5.32 Å². The summed E-state index contributed by atoms with van der Waals surface area (Å²) in [5.74, 6) is -0.0960. The van der Waals surface area contributed by atoms with Crippen molar-refractivity contribution in [2.45, 2.75) is 51.0 Å². The lowest BCUT2D eigenvalue weighted by Gasteiger charge is -2.26. The van der Waals surface area contributed by atoms with Gasteiger partial charge in [-0.2, -0.15) is 0 Å². The van der Waals surface area contributed by atoms with Gasteiger partial charge < -0.3 is 10.4 Å². The van der Waals surface area contributed by atoms with Crippen molar-refractivity contribution in [1.82, 2.24) is 5.32 Å². The topological polar surface area (TPSA) is 49.3 Å². The standard InChI is InChI=1S/C16H23NO2/c1-13-7-6-8-14(11-13)15(18)17-12-16(19)9-4-2-3-5-10-16/h6-8,11,19H,2-5,9-10,12H2,1H3,(H,17,18). The van der Waals surface area contributed by atoms with Crippen LogP contribution in [0.4, 0.5) is 0 Å². The van der Waals surface area contributed by atoms with Crippen LogP contribution in [-0.4, -0.2) is 23.2 Å². The average Bonchev–Trinajstić information content (AvgIpc) is 2.61. The quantitative estimate of drug-likeness (QED) is 0.822. The Bertz CT molecular complexity index is 434. The van der Waals surface area contributed by atoms with E-state index in [1.807, 2.05) is 25.1 Å². The Labute approximate surface area is 115 Å². The summed E-state index contributed by atoms with van der Waals surface area (Å²) < 4.78 is 0. The number of hydrogen-bond acceptors (Lipinski definition) is 2. The van der Waals surface area contributed by atoms with Gasteiger partial charge in [0.15, 0.2) is 0 Å². The van der Waals surface area contributed by atoms with E-state index in [0.717, 1.165) is 31.2 Å². The van der Waals surface area contributed by atoms with Crippen LogP contribution < -0.4 is 5.32 Å². The number of aliphatic hydroxyl groups is 1. The van der Waals surface area contributed by atoms with Crippen molar-refractivity contribution in [3.63, 3.8) is 0 Å². The highest BCUT2D eigenvalue weighted by atomic mass is 16.3. The summed E-state index contributed by atoms with van der Waals surface area (Å²) in [5, 5.41) is 13.4. The van der Waals surface area contributed by atoms with Crippen molar-refractivity contribution < 1.29 is 9.90 Å². The third kappa shape index (κ3) is 4.06. The highest BCUT2D eigenvalue weighted by Gasteiger charge is 2.28. The Hall–Kier alpha value is -1.35. The fraction of sp³-hybridized carbons (Fsp3) is 0.562. The van der Waals surface area contributed by atoms with Crippen LogP contribution in [0.15, 0.2) is 24.3 Å². The number of carbonyl (C=O) groups is 1. The first-order chi connectivity index (χ1) is 9.09. The molecule has 1 amide bonds. The maximum absolute atomic E-state index is 12.0. The molecule has 0 bridgehead atoms. The molecule has 0 aliphatic heterocycles. The fourth-order valence-electron chi connectivity index (χ4n) is 2.70. The van der Waals surface area contributed by atoms with E-state index in [9.17, 15) is 9.90 Å². The molecule has 1 aliphatic carbocycles. The zero-order chi connectivity index (χ0) is 13.7. The van der Waals surface area contributed by atoms with Gasteiger partial charge >= 0.3 is 0 Å². The van der Waals surface area contributed by atoms with Crippen LogP contribution in [0, 0.1) is 6.92 Å². The number of rotatable bonds is 3. The summed E-state index contributed by atoms with van der Waals surface area (Å²) in [6, 6.07) is 7.52. The molecule has 1 aromatic carbocycles. The molecule has 1 fully saturated rings. The van der Waals surface area contributed by atoms with Crippen LogP contribution >= 0.6 is 0 Å². The van der Waals surface area contributed by atoms with Crippen molar-refractivity contribution >= 4 is 5.91 Å². The molecule has 19 heavy (non-hydrogen) atoms. The molecule has 1 aromatic rings. The average molecular weight is 261 g/mol. The molecular weight excluding hydrogens is 238 g/mol. The number of amides is 1. The van der Waals surface area contributed by atoms with E-state index in [-0.39, 0.29) is 5.91 Å². The van der Waals surface area contributed by atoms with Gasteiger partial charge in [-0.25, -0.2) is 0 Å². The Morgan fingerprint density at radius 1 is 1.26 bits per heavy atom. The molecule has 0 spiro atoms. The molecule has 3 heteroatoms. The lowest BCUT2D eigenvalue weighted by molar-refractivity contribution is 0.0246. The van der Waals surface area contributed by atoms with Gasteiger partial charge in [0.25, 0.3) is 5.91 Å². The molecule has 0 atom stereocenters. The maximum atomic E-state index is 12.0. The zero-order valence-corrected chi connectivity index (χ0v) is 11.6. The van der Waals surface area contributed by atoms with E-state index in [1.165, 1.54) is 12.8 Å². The molecule has 0 heterocycles. The number of benzene rings is 1. The summed E-state index contributed by atoms with van der Waals surface area (Å²) in [5.41, 5.74) is 1.02. The fourth-order valence-corrected chi connectivity index (χ4v) is 2.70. The molecule has 2 rings (SSSR count). The largest absolute Gasteiger partial charge is 0.388 e. The predicted molar refractivity (Wildman–Crippen MR) is 76.2 cm³/mol. The SMILES string of the molecule is Cc1cccc(C(=O)NCC2(O)CCCCCC2)c1. The second-order valence-corrected chi connectivity index (χ2v) is 5.69. The van der Waals surface area contributed by atoms with Gasteiger partial charge in [-0.05, 0) is 31.9 Å². The summed E-state index contributed by atoms with van der Waals surface area (Å²) in [7, 11) is 0. The van der Waals surface area contributed by atoms with E-state index >= 15 is 0 Å².